The highest BCUT2D eigenvalue weighted by Gasteiger charge is 2.23. The Balaban J connectivity index is 0.00000392. The third-order valence-corrected chi connectivity index (χ3v) is 4.40. The molecule has 1 aromatic carbocycles. The van der Waals surface area contributed by atoms with Crippen LogP contribution in [0.15, 0.2) is 29.3 Å². The van der Waals surface area contributed by atoms with Crippen LogP contribution in [0.4, 0.5) is 4.39 Å². The van der Waals surface area contributed by atoms with Crippen LogP contribution in [0.25, 0.3) is 0 Å². The van der Waals surface area contributed by atoms with Crippen LogP contribution in [0.2, 0.25) is 0 Å². The van der Waals surface area contributed by atoms with Gasteiger partial charge in [-0.3, -0.25) is 9.89 Å². The average Bonchev–Trinajstić information content (AvgIpc) is 2.71. The molecule has 1 aliphatic rings. The van der Waals surface area contributed by atoms with Gasteiger partial charge in [0, 0.05) is 40.3 Å². The maximum atomic E-state index is 13.3. The van der Waals surface area contributed by atoms with Gasteiger partial charge in [0.1, 0.15) is 5.82 Å². The van der Waals surface area contributed by atoms with E-state index in [9.17, 15) is 4.39 Å². The molecule has 1 fully saturated rings. The van der Waals surface area contributed by atoms with Gasteiger partial charge in [-0.2, -0.15) is 0 Å². The van der Waals surface area contributed by atoms with Gasteiger partial charge < -0.3 is 24.8 Å². The highest BCUT2D eigenvalue weighted by molar-refractivity contribution is 14.0. The number of methoxy groups -OCH3 is 1. The first-order valence-electron chi connectivity index (χ1n) is 9.33. The zero-order valence-corrected chi connectivity index (χ0v) is 19.0. The number of aliphatic imine (C=N–C) groups is 1. The number of benzene rings is 1. The Morgan fingerprint density at radius 1 is 1.18 bits per heavy atom. The fourth-order valence-electron chi connectivity index (χ4n) is 2.93. The zero-order chi connectivity index (χ0) is 19.3. The van der Waals surface area contributed by atoms with Gasteiger partial charge >= 0.3 is 0 Å². The molecule has 1 saturated heterocycles. The van der Waals surface area contributed by atoms with Crippen LogP contribution in [0, 0.1) is 5.82 Å². The third-order valence-electron chi connectivity index (χ3n) is 4.40. The fourth-order valence-corrected chi connectivity index (χ4v) is 2.93. The fraction of sp³-hybridized carbons (Fsp3) is 0.632. The van der Waals surface area contributed by atoms with E-state index in [1.165, 1.54) is 12.1 Å². The molecular weight excluding hydrogens is 478 g/mol. The summed E-state index contributed by atoms with van der Waals surface area (Å²) in [5.74, 6) is 0.490. The number of halogens is 2. The normalized spacial score (nSPS) is 16.3. The molecule has 1 heterocycles. The van der Waals surface area contributed by atoms with Crippen LogP contribution >= 0.6 is 24.0 Å². The lowest BCUT2D eigenvalue weighted by molar-refractivity contribution is 0.0169. The van der Waals surface area contributed by atoms with E-state index in [1.54, 1.807) is 14.2 Å². The summed E-state index contributed by atoms with van der Waals surface area (Å²) in [5.41, 5.74) is 1.07. The van der Waals surface area contributed by atoms with Gasteiger partial charge in [-0.15, -0.1) is 24.0 Å². The van der Waals surface area contributed by atoms with Gasteiger partial charge in [-0.1, -0.05) is 12.1 Å². The molecule has 2 rings (SSSR count). The molecule has 1 aromatic rings. The lowest BCUT2D eigenvalue weighted by atomic mass is 10.0. The molecule has 0 aliphatic carbocycles. The first kappa shape index (κ1) is 25.0. The minimum Gasteiger partial charge on any atom is -0.382 e. The van der Waals surface area contributed by atoms with Crippen molar-refractivity contribution in [2.45, 2.75) is 6.04 Å². The smallest absolute Gasteiger partial charge is 0.191 e. The van der Waals surface area contributed by atoms with E-state index in [2.05, 4.69) is 20.5 Å². The maximum Gasteiger partial charge on any atom is 0.191 e. The van der Waals surface area contributed by atoms with Crippen LogP contribution in [-0.2, 0) is 14.2 Å². The molecule has 0 radical (unpaired) electrons. The molecule has 160 valence electrons. The number of ether oxygens (including phenoxy) is 3. The Labute approximate surface area is 184 Å². The second-order valence-corrected chi connectivity index (χ2v) is 6.20. The second-order valence-electron chi connectivity index (χ2n) is 6.20. The Morgan fingerprint density at radius 3 is 2.54 bits per heavy atom. The number of nitrogens with zero attached hydrogens (tertiary/aromatic N) is 2. The van der Waals surface area contributed by atoms with Crippen molar-refractivity contribution in [3.8, 4) is 0 Å². The Hall–Kier alpha value is -1.01. The number of hydrogen-bond donors (Lipinski definition) is 2. The van der Waals surface area contributed by atoms with E-state index < -0.39 is 0 Å². The van der Waals surface area contributed by atoms with Crippen molar-refractivity contribution in [1.82, 2.24) is 15.5 Å². The van der Waals surface area contributed by atoms with Gasteiger partial charge in [-0.05, 0) is 17.7 Å². The van der Waals surface area contributed by atoms with Crippen LogP contribution in [0.3, 0.4) is 0 Å². The first-order chi connectivity index (χ1) is 13.2. The Kier molecular flexibility index (Phi) is 13.3. The lowest BCUT2D eigenvalue weighted by Gasteiger charge is -2.35. The van der Waals surface area contributed by atoms with Crippen LogP contribution < -0.4 is 10.6 Å². The van der Waals surface area contributed by atoms with Crippen molar-refractivity contribution < 1.29 is 18.6 Å². The zero-order valence-electron chi connectivity index (χ0n) is 16.7. The molecule has 0 aromatic heterocycles. The van der Waals surface area contributed by atoms with Crippen LogP contribution in [-0.4, -0.2) is 84.2 Å². The van der Waals surface area contributed by atoms with Crippen molar-refractivity contribution in [3.05, 3.63) is 35.6 Å². The largest absolute Gasteiger partial charge is 0.382 e. The maximum absolute atomic E-state index is 13.3. The van der Waals surface area contributed by atoms with Crippen molar-refractivity contribution in [2.75, 3.05) is 73.4 Å². The Morgan fingerprint density at radius 2 is 1.89 bits per heavy atom. The molecule has 9 heteroatoms. The van der Waals surface area contributed by atoms with Crippen LogP contribution in [0.5, 0.6) is 0 Å². The predicted octanol–water partition coefficient (Wildman–Crippen LogP) is 1.64. The molecule has 0 spiro atoms. The van der Waals surface area contributed by atoms with E-state index >= 15 is 0 Å². The predicted molar refractivity (Wildman–Crippen MR) is 119 cm³/mol. The summed E-state index contributed by atoms with van der Waals surface area (Å²) in [7, 11) is 3.39. The van der Waals surface area contributed by atoms with Crippen molar-refractivity contribution in [1.29, 1.82) is 0 Å². The summed E-state index contributed by atoms with van der Waals surface area (Å²) < 4.78 is 29.2. The molecule has 0 saturated carbocycles. The summed E-state index contributed by atoms with van der Waals surface area (Å²) >= 11 is 0. The van der Waals surface area contributed by atoms with Gasteiger partial charge in [0.15, 0.2) is 5.96 Å². The molecule has 7 nitrogen and oxygen atoms in total. The standard InChI is InChI=1S/C19H31FN4O3.HI/c1-21-19(22-7-10-26-14-13-25-2)23-15-18(24-8-11-27-12-9-24)16-3-5-17(20)6-4-16;/h3-6,18H,7-15H2,1-2H3,(H2,21,22,23);1H. The van der Waals surface area contributed by atoms with Gasteiger partial charge in [0.25, 0.3) is 0 Å². The molecule has 2 N–H and O–H groups in total. The molecule has 1 unspecified atom stereocenters. The molecule has 1 aliphatic heterocycles. The SMILES string of the molecule is CN=C(NCCOCCOC)NCC(c1ccc(F)cc1)N1CCOCC1.I. The summed E-state index contributed by atoms with van der Waals surface area (Å²) in [4.78, 5) is 6.61. The highest BCUT2D eigenvalue weighted by Crippen LogP contribution is 2.21. The first-order valence-corrected chi connectivity index (χ1v) is 9.33. The number of nitrogens with one attached hydrogen (secondary N) is 2. The molecule has 0 bridgehead atoms. The lowest BCUT2D eigenvalue weighted by Crippen LogP contribution is -2.46. The van der Waals surface area contributed by atoms with Gasteiger partial charge in [0.05, 0.1) is 39.1 Å². The number of rotatable bonds is 10. The van der Waals surface area contributed by atoms with E-state index in [0.717, 1.165) is 18.7 Å². The Bertz CT molecular complexity index is 557. The topological polar surface area (TPSA) is 67.4 Å². The van der Waals surface area contributed by atoms with E-state index in [-0.39, 0.29) is 35.8 Å². The van der Waals surface area contributed by atoms with Crippen molar-refractivity contribution in [3.63, 3.8) is 0 Å². The quantitative estimate of drug-likeness (QED) is 0.216. The van der Waals surface area contributed by atoms with E-state index in [1.807, 2.05) is 12.1 Å². The minimum absolute atomic E-state index is 0. The highest BCUT2D eigenvalue weighted by atomic mass is 127. The number of hydrogen-bond acceptors (Lipinski definition) is 5. The molecule has 1 atom stereocenters. The summed E-state index contributed by atoms with van der Waals surface area (Å²) in [5, 5.41) is 6.60. The number of guanidine groups is 1. The van der Waals surface area contributed by atoms with E-state index in [0.29, 0.717) is 52.1 Å². The monoisotopic (exact) mass is 510 g/mol. The number of morpholine rings is 1. The van der Waals surface area contributed by atoms with Gasteiger partial charge in [-0.25, -0.2) is 4.39 Å². The minimum atomic E-state index is -0.224. The molecule has 0 amide bonds. The van der Waals surface area contributed by atoms with E-state index in [4.69, 9.17) is 14.2 Å². The van der Waals surface area contributed by atoms with Crippen LogP contribution in [0.1, 0.15) is 11.6 Å². The summed E-state index contributed by atoms with van der Waals surface area (Å²) in [6.07, 6.45) is 0. The summed E-state index contributed by atoms with van der Waals surface area (Å²) in [6, 6.07) is 6.82. The second kappa shape index (κ2) is 14.9. The van der Waals surface area contributed by atoms with Gasteiger partial charge in [0.2, 0.25) is 0 Å². The van der Waals surface area contributed by atoms with Crippen molar-refractivity contribution in [2.24, 2.45) is 4.99 Å². The summed E-state index contributed by atoms with van der Waals surface area (Å²) in [6.45, 7) is 6.19. The molecule has 28 heavy (non-hydrogen) atoms. The average molecular weight is 510 g/mol. The third kappa shape index (κ3) is 8.99. The van der Waals surface area contributed by atoms with Crippen molar-refractivity contribution >= 4 is 29.9 Å². The molecular formula is C19H32FIN4O3.